The highest BCUT2D eigenvalue weighted by Gasteiger charge is 2.19. The zero-order valence-electron chi connectivity index (χ0n) is 9.75. The maximum absolute atomic E-state index is 13.6. The minimum absolute atomic E-state index is 0.0650. The van der Waals surface area contributed by atoms with Gasteiger partial charge in [0.2, 0.25) is 10.0 Å². The first-order chi connectivity index (χ1) is 7.74. The molecule has 0 aliphatic heterocycles. The van der Waals surface area contributed by atoms with E-state index in [1.165, 1.54) is 0 Å². The number of anilines is 1. The van der Waals surface area contributed by atoms with Crippen LogP contribution in [0, 0.1) is 12.7 Å². The lowest BCUT2D eigenvalue weighted by Crippen LogP contribution is -2.26. The van der Waals surface area contributed by atoms with Gasteiger partial charge in [-0.3, -0.25) is 0 Å². The summed E-state index contributed by atoms with van der Waals surface area (Å²) in [5.41, 5.74) is 6.94. The maximum atomic E-state index is 13.6. The molecule has 0 aliphatic carbocycles. The van der Waals surface area contributed by atoms with E-state index in [-0.39, 0.29) is 12.2 Å². The van der Waals surface area contributed by atoms with Gasteiger partial charge in [0.25, 0.3) is 0 Å². The van der Waals surface area contributed by atoms with Crippen LogP contribution in [0.4, 0.5) is 10.1 Å². The van der Waals surface area contributed by atoms with Crippen LogP contribution in [0.5, 0.6) is 0 Å². The van der Waals surface area contributed by atoms with Crippen LogP contribution < -0.4 is 10.5 Å². The number of nitrogen functional groups attached to an aromatic ring is 1. The van der Waals surface area contributed by atoms with Crippen LogP contribution in [0.15, 0.2) is 29.2 Å². The first kappa shape index (κ1) is 13.7. The van der Waals surface area contributed by atoms with E-state index in [4.69, 9.17) is 5.73 Å². The number of hydrogen-bond donors (Lipinski definition) is 2. The van der Waals surface area contributed by atoms with E-state index < -0.39 is 20.7 Å². The van der Waals surface area contributed by atoms with Crippen LogP contribution in [0.1, 0.15) is 12.5 Å². The van der Waals surface area contributed by atoms with Crippen molar-refractivity contribution in [2.45, 2.75) is 18.7 Å². The van der Waals surface area contributed by atoms with Crippen molar-refractivity contribution < 1.29 is 12.8 Å². The smallest absolute Gasteiger partial charge is 0.243 e. The van der Waals surface area contributed by atoms with Gasteiger partial charge in [0.1, 0.15) is 10.7 Å². The summed E-state index contributed by atoms with van der Waals surface area (Å²) in [5.74, 6) is -0.814. The fourth-order valence-electron chi connectivity index (χ4n) is 1.17. The average Bonchev–Trinajstić information content (AvgIpc) is 2.20. The standard InChI is InChI=1S/C11H15FN2O2S/c1-7(2)6-14-17(15,16)11-5-10(13)8(3)4-9(11)12/h4-5,14H,1,6,13H2,2-3H3. The number of sulfonamides is 1. The summed E-state index contributed by atoms with van der Waals surface area (Å²) >= 11 is 0. The molecule has 0 heterocycles. The molecule has 1 rings (SSSR count). The zero-order chi connectivity index (χ0) is 13.2. The van der Waals surface area contributed by atoms with Gasteiger partial charge in [-0.2, -0.15) is 0 Å². The molecule has 0 saturated carbocycles. The Bertz CT molecular complexity index is 553. The molecule has 1 aromatic rings. The van der Waals surface area contributed by atoms with Crippen molar-refractivity contribution in [2.75, 3.05) is 12.3 Å². The molecule has 94 valence electrons. The predicted octanol–water partition coefficient (Wildman–Crippen LogP) is 1.57. The van der Waals surface area contributed by atoms with E-state index >= 15 is 0 Å². The molecule has 0 fully saturated rings. The summed E-state index contributed by atoms with van der Waals surface area (Å²) in [6.45, 7) is 6.90. The van der Waals surface area contributed by atoms with Gasteiger partial charge in [-0.05, 0) is 31.5 Å². The first-order valence-corrected chi connectivity index (χ1v) is 6.42. The van der Waals surface area contributed by atoms with Crippen molar-refractivity contribution in [1.29, 1.82) is 0 Å². The van der Waals surface area contributed by atoms with Crippen molar-refractivity contribution in [2.24, 2.45) is 0 Å². The summed E-state index contributed by atoms with van der Waals surface area (Å²) < 4.78 is 39.3. The van der Waals surface area contributed by atoms with Crippen molar-refractivity contribution in [3.8, 4) is 0 Å². The lowest BCUT2D eigenvalue weighted by atomic mass is 10.2. The largest absolute Gasteiger partial charge is 0.398 e. The van der Waals surface area contributed by atoms with E-state index in [2.05, 4.69) is 11.3 Å². The van der Waals surface area contributed by atoms with E-state index in [9.17, 15) is 12.8 Å². The zero-order valence-corrected chi connectivity index (χ0v) is 10.6. The van der Waals surface area contributed by atoms with Gasteiger partial charge >= 0.3 is 0 Å². The van der Waals surface area contributed by atoms with Gasteiger partial charge in [-0.15, -0.1) is 0 Å². The molecule has 0 bridgehead atoms. The van der Waals surface area contributed by atoms with E-state index in [1.54, 1.807) is 13.8 Å². The summed E-state index contributed by atoms with van der Waals surface area (Å²) in [6, 6.07) is 2.22. The lowest BCUT2D eigenvalue weighted by Gasteiger charge is -2.09. The number of nitrogens with two attached hydrogens (primary N) is 1. The molecule has 0 amide bonds. The Kier molecular flexibility index (Phi) is 3.90. The van der Waals surface area contributed by atoms with Crippen LogP contribution in [-0.2, 0) is 10.0 Å². The second-order valence-electron chi connectivity index (χ2n) is 3.92. The Balaban J connectivity index is 3.15. The molecule has 0 saturated heterocycles. The van der Waals surface area contributed by atoms with Gasteiger partial charge in [0, 0.05) is 12.2 Å². The molecular weight excluding hydrogens is 243 g/mol. The minimum Gasteiger partial charge on any atom is -0.398 e. The topological polar surface area (TPSA) is 72.2 Å². The predicted molar refractivity (Wildman–Crippen MR) is 65.6 cm³/mol. The third-order valence-electron chi connectivity index (χ3n) is 2.17. The lowest BCUT2D eigenvalue weighted by molar-refractivity contribution is 0.559. The Morgan fingerprint density at radius 3 is 2.65 bits per heavy atom. The Morgan fingerprint density at radius 2 is 2.12 bits per heavy atom. The number of aryl methyl sites for hydroxylation is 1. The van der Waals surface area contributed by atoms with Crippen molar-refractivity contribution in [3.05, 3.63) is 35.7 Å². The molecule has 4 nitrogen and oxygen atoms in total. The minimum atomic E-state index is -3.89. The van der Waals surface area contributed by atoms with Gasteiger partial charge in [0.15, 0.2) is 0 Å². The molecular formula is C11H15FN2O2S. The Morgan fingerprint density at radius 1 is 1.53 bits per heavy atom. The summed E-state index contributed by atoms with van der Waals surface area (Å²) in [5, 5.41) is 0. The number of benzene rings is 1. The highest BCUT2D eigenvalue weighted by Crippen LogP contribution is 2.21. The number of hydrogen-bond acceptors (Lipinski definition) is 3. The number of halogens is 1. The maximum Gasteiger partial charge on any atom is 0.243 e. The molecule has 1 aromatic carbocycles. The normalized spacial score (nSPS) is 11.5. The van der Waals surface area contributed by atoms with E-state index in [1.807, 2.05) is 0 Å². The quantitative estimate of drug-likeness (QED) is 0.636. The molecule has 0 radical (unpaired) electrons. The Labute approximate surface area is 100 Å². The first-order valence-electron chi connectivity index (χ1n) is 4.93. The second kappa shape index (κ2) is 4.85. The van der Waals surface area contributed by atoms with Crippen molar-refractivity contribution in [3.63, 3.8) is 0 Å². The summed E-state index contributed by atoms with van der Waals surface area (Å²) in [4.78, 5) is -0.443. The average molecular weight is 258 g/mol. The summed E-state index contributed by atoms with van der Waals surface area (Å²) in [7, 11) is -3.89. The SMILES string of the molecule is C=C(C)CNS(=O)(=O)c1cc(N)c(C)cc1F. The van der Waals surface area contributed by atoms with Crippen LogP contribution >= 0.6 is 0 Å². The highest BCUT2D eigenvalue weighted by molar-refractivity contribution is 7.89. The van der Waals surface area contributed by atoms with Gasteiger partial charge < -0.3 is 5.73 Å². The van der Waals surface area contributed by atoms with Crippen molar-refractivity contribution >= 4 is 15.7 Å². The molecule has 0 spiro atoms. The van der Waals surface area contributed by atoms with Gasteiger partial charge in [-0.25, -0.2) is 17.5 Å². The molecule has 0 aromatic heterocycles. The van der Waals surface area contributed by atoms with Crippen molar-refractivity contribution in [1.82, 2.24) is 4.72 Å². The second-order valence-corrected chi connectivity index (χ2v) is 5.66. The number of nitrogens with one attached hydrogen (secondary N) is 1. The van der Waals surface area contributed by atoms with Crippen LogP contribution in [0.3, 0.4) is 0 Å². The molecule has 6 heteroatoms. The van der Waals surface area contributed by atoms with E-state index in [0.717, 1.165) is 12.1 Å². The highest BCUT2D eigenvalue weighted by atomic mass is 32.2. The van der Waals surface area contributed by atoms with E-state index in [0.29, 0.717) is 11.1 Å². The fourth-order valence-corrected chi connectivity index (χ4v) is 2.36. The summed E-state index contributed by atoms with van der Waals surface area (Å²) in [6.07, 6.45) is 0. The fraction of sp³-hybridized carbons (Fsp3) is 0.273. The molecule has 17 heavy (non-hydrogen) atoms. The molecule has 0 aliphatic rings. The molecule has 3 N–H and O–H groups in total. The third kappa shape index (κ3) is 3.28. The van der Waals surface area contributed by atoms with Crippen LogP contribution in [0.25, 0.3) is 0 Å². The van der Waals surface area contributed by atoms with Crippen LogP contribution in [0.2, 0.25) is 0 Å². The Hall–Kier alpha value is -1.40. The number of rotatable bonds is 4. The van der Waals surface area contributed by atoms with Gasteiger partial charge in [0.05, 0.1) is 0 Å². The molecule has 0 unspecified atom stereocenters. The van der Waals surface area contributed by atoms with Gasteiger partial charge in [-0.1, -0.05) is 12.2 Å². The molecule has 0 atom stereocenters. The monoisotopic (exact) mass is 258 g/mol. The van der Waals surface area contributed by atoms with Crippen LogP contribution in [-0.4, -0.2) is 15.0 Å². The third-order valence-corrected chi connectivity index (χ3v) is 3.59.